The van der Waals surface area contributed by atoms with E-state index in [0.717, 1.165) is 21.2 Å². The van der Waals surface area contributed by atoms with Crippen LogP contribution in [-0.4, -0.2) is 20.9 Å². The lowest BCUT2D eigenvalue weighted by Gasteiger charge is -2.46. The van der Waals surface area contributed by atoms with E-state index in [1.54, 1.807) is 41.3 Å². The Kier molecular flexibility index (Phi) is 8.65. The zero-order chi connectivity index (χ0) is 31.6. The largest absolute Gasteiger partial charge is 0.494 e. The van der Waals surface area contributed by atoms with Crippen LogP contribution in [0, 0.1) is 6.92 Å². The average molecular weight is 683 g/mol. The number of nitrogens with zero attached hydrogens (tertiary/aromatic N) is 2. The number of anilines is 3. The van der Waals surface area contributed by atoms with E-state index in [9.17, 15) is 13.2 Å². The molecule has 6 rings (SSSR count). The standard InChI is InChI=1S/C36H32BrN3O4S/c1-3-44-29-19-15-27(16-20-29)38-45(42,43)30-21-22-34-32(23-30)36(41)40(28-17-13-25(2)14-18-28)35(31-11-7-8-12-33(31)37)39(34)24-26-9-5-4-6-10-26/h4-23,35,38H,3,24H2,1-2H3/t35-/m1/s1. The Bertz CT molecular complexity index is 1930. The van der Waals surface area contributed by atoms with Crippen LogP contribution in [0.5, 0.6) is 5.75 Å². The third-order valence-electron chi connectivity index (χ3n) is 7.69. The highest BCUT2D eigenvalue weighted by Gasteiger charge is 2.41. The van der Waals surface area contributed by atoms with E-state index in [-0.39, 0.29) is 10.8 Å². The molecular weight excluding hydrogens is 650 g/mol. The van der Waals surface area contributed by atoms with Gasteiger partial charge in [0.2, 0.25) is 0 Å². The third-order valence-corrected chi connectivity index (χ3v) is 9.79. The van der Waals surface area contributed by atoms with Crippen molar-refractivity contribution in [3.05, 3.63) is 148 Å². The maximum absolute atomic E-state index is 14.6. The molecule has 1 amide bonds. The third kappa shape index (κ3) is 6.32. The van der Waals surface area contributed by atoms with E-state index < -0.39 is 16.2 Å². The van der Waals surface area contributed by atoms with Gasteiger partial charge in [-0.25, -0.2) is 8.42 Å². The minimum absolute atomic E-state index is 0.00802. The van der Waals surface area contributed by atoms with Crippen molar-refractivity contribution in [3.8, 4) is 5.75 Å². The van der Waals surface area contributed by atoms with Gasteiger partial charge in [0.15, 0.2) is 0 Å². The van der Waals surface area contributed by atoms with Gasteiger partial charge in [-0.1, -0.05) is 82.2 Å². The molecule has 0 radical (unpaired) electrons. The van der Waals surface area contributed by atoms with Crippen molar-refractivity contribution in [2.75, 3.05) is 21.1 Å². The second kappa shape index (κ2) is 12.8. The Morgan fingerprint density at radius 3 is 2.22 bits per heavy atom. The molecule has 228 valence electrons. The molecule has 1 aliphatic rings. The maximum atomic E-state index is 14.6. The number of hydrogen-bond donors (Lipinski definition) is 1. The van der Waals surface area contributed by atoms with Crippen LogP contribution in [0.1, 0.15) is 40.1 Å². The monoisotopic (exact) mass is 681 g/mol. The number of benzene rings is 5. The summed E-state index contributed by atoms with van der Waals surface area (Å²) in [6.45, 7) is 4.87. The molecule has 0 aromatic heterocycles. The number of rotatable bonds is 9. The van der Waals surface area contributed by atoms with E-state index in [0.29, 0.717) is 41.5 Å². The van der Waals surface area contributed by atoms with E-state index in [1.807, 2.05) is 92.7 Å². The highest BCUT2D eigenvalue weighted by Crippen LogP contribution is 2.44. The molecule has 0 aliphatic carbocycles. The molecular formula is C36H32BrN3O4S. The molecule has 0 fully saturated rings. The fraction of sp³-hybridized carbons (Fsp3) is 0.139. The number of sulfonamides is 1. The number of carbonyl (C=O) groups excluding carboxylic acids is 1. The first-order valence-electron chi connectivity index (χ1n) is 14.6. The summed E-state index contributed by atoms with van der Waals surface area (Å²) < 4.78 is 36.2. The smallest absolute Gasteiger partial charge is 0.262 e. The van der Waals surface area contributed by atoms with E-state index >= 15 is 0 Å². The summed E-state index contributed by atoms with van der Waals surface area (Å²) in [6, 6.07) is 37.2. The SMILES string of the molecule is CCOc1ccc(NS(=O)(=O)c2ccc3c(c2)C(=O)N(c2ccc(C)cc2)[C@H](c2ccccc2Br)N3Cc2ccccc2)cc1. The fourth-order valence-electron chi connectivity index (χ4n) is 5.52. The topological polar surface area (TPSA) is 78.9 Å². The minimum Gasteiger partial charge on any atom is -0.494 e. The quantitative estimate of drug-likeness (QED) is 0.169. The average Bonchev–Trinajstić information content (AvgIpc) is 3.04. The van der Waals surface area contributed by atoms with Crippen LogP contribution in [-0.2, 0) is 16.6 Å². The van der Waals surface area contributed by atoms with Gasteiger partial charge in [-0.3, -0.25) is 14.4 Å². The van der Waals surface area contributed by atoms with Crippen LogP contribution < -0.4 is 19.3 Å². The van der Waals surface area contributed by atoms with Crippen molar-refractivity contribution in [2.24, 2.45) is 0 Å². The second-order valence-corrected chi connectivity index (χ2v) is 13.3. The first-order chi connectivity index (χ1) is 21.7. The van der Waals surface area contributed by atoms with Crippen molar-refractivity contribution in [1.29, 1.82) is 0 Å². The Morgan fingerprint density at radius 1 is 0.844 bits per heavy atom. The molecule has 1 atom stereocenters. The number of fused-ring (bicyclic) bond motifs is 1. The molecule has 0 saturated heterocycles. The highest BCUT2D eigenvalue weighted by atomic mass is 79.9. The molecule has 0 spiro atoms. The lowest BCUT2D eigenvalue weighted by molar-refractivity contribution is 0.0968. The van der Waals surface area contributed by atoms with E-state index in [4.69, 9.17) is 4.74 Å². The first-order valence-corrected chi connectivity index (χ1v) is 16.9. The lowest BCUT2D eigenvalue weighted by atomic mass is 9.99. The summed E-state index contributed by atoms with van der Waals surface area (Å²) in [4.78, 5) is 18.5. The van der Waals surface area contributed by atoms with Gasteiger partial charge in [0.05, 0.1) is 22.8 Å². The summed E-state index contributed by atoms with van der Waals surface area (Å²) in [5, 5.41) is 0. The minimum atomic E-state index is -4.02. The van der Waals surface area contributed by atoms with Gasteiger partial charge in [-0.05, 0) is 80.1 Å². The second-order valence-electron chi connectivity index (χ2n) is 10.8. The Labute approximate surface area is 272 Å². The zero-order valence-electron chi connectivity index (χ0n) is 24.9. The van der Waals surface area contributed by atoms with Crippen molar-refractivity contribution in [1.82, 2.24) is 0 Å². The molecule has 1 aliphatic heterocycles. The van der Waals surface area contributed by atoms with Crippen LogP contribution in [0.25, 0.3) is 0 Å². The first kappa shape index (κ1) is 30.4. The van der Waals surface area contributed by atoms with Gasteiger partial charge < -0.3 is 9.64 Å². The summed E-state index contributed by atoms with van der Waals surface area (Å²) in [7, 11) is -4.02. The molecule has 5 aromatic carbocycles. The normalized spacial score (nSPS) is 14.6. The van der Waals surface area contributed by atoms with Gasteiger partial charge in [0.1, 0.15) is 11.9 Å². The summed E-state index contributed by atoms with van der Waals surface area (Å²) in [5.41, 5.74) is 5.06. The van der Waals surface area contributed by atoms with Crippen molar-refractivity contribution in [3.63, 3.8) is 0 Å². The van der Waals surface area contributed by atoms with Crippen LogP contribution in [0.4, 0.5) is 17.1 Å². The number of ether oxygens (including phenoxy) is 1. The van der Waals surface area contributed by atoms with Crippen molar-refractivity contribution < 1.29 is 17.9 Å². The number of carbonyl (C=O) groups is 1. The predicted molar refractivity (Wildman–Crippen MR) is 182 cm³/mol. The molecule has 0 bridgehead atoms. The number of hydrogen-bond acceptors (Lipinski definition) is 5. The van der Waals surface area contributed by atoms with Gasteiger partial charge in [0, 0.05) is 28.0 Å². The molecule has 0 saturated carbocycles. The van der Waals surface area contributed by atoms with Gasteiger partial charge in [-0.15, -0.1) is 0 Å². The Balaban J connectivity index is 1.49. The Morgan fingerprint density at radius 2 is 1.53 bits per heavy atom. The summed E-state index contributed by atoms with van der Waals surface area (Å²) in [6.07, 6.45) is -0.520. The zero-order valence-corrected chi connectivity index (χ0v) is 27.3. The highest BCUT2D eigenvalue weighted by molar-refractivity contribution is 9.10. The van der Waals surface area contributed by atoms with Gasteiger partial charge in [-0.2, -0.15) is 0 Å². The van der Waals surface area contributed by atoms with Crippen LogP contribution in [0.2, 0.25) is 0 Å². The molecule has 1 N–H and O–H groups in total. The number of nitrogens with one attached hydrogen (secondary N) is 1. The van der Waals surface area contributed by atoms with Gasteiger partial charge >= 0.3 is 0 Å². The molecule has 45 heavy (non-hydrogen) atoms. The molecule has 5 aromatic rings. The van der Waals surface area contributed by atoms with Crippen molar-refractivity contribution >= 4 is 48.9 Å². The van der Waals surface area contributed by atoms with Gasteiger partial charge in [0.25, 0.3) is 15.9 Å². The lowest BCUT2D eigenvalue weighted by Crippen LogP contribution is -2.49. The van der Waals surface area contributed by atoms with Crippen LogP contribution in [0.15, 0.2) is 131 Å². The molecule has 9 heteroatoms. The number of halogens is 1. The molecule has 7 nitrogen and oxygen atoms in total. The molecule has 0 unspecified atom stereocenters. The van der Waals surface area contributed by atoms with Crippen molar-refractivity contribution in [2.45, 2.75) is 31.5 Å². The van der Waals surface area contributed by atoms with Crippen LogP contribution >= 0.6 is 15.9 Å². The summed E-state index contributed by atoms with van der Waals surface area (Å²) in [5.74, 6) is 0.353. The summed E-state index contributed by atoms with van der Waals surface area (Å²) >= 11 is 3.74. The molecule has 1 heterocycles. The Hall–Kier alpha value is -4.60. The van der Waals surface area contributed by atoms with E-state index in [2.05, 4.69) is 25.6 Å². The maximum Gasteiger partial charge on any atom is 0.262 e. The van der Waals surface area contributed by atoms with Crippen LogP contribution in [0.3, 0.4) is 0 Å². The number of aryl methyl sites for hydroxylation is 1. The number of amides is 1. The van der Waals surface area contributed by atoms with E-state index in [1.165, 1.54) is 6.07 Å². The predicted octanol–water partition coefficient (Wildman–Crippen LogP) is 8.32. The fourth-order valence-corrected chi connectivity index (χ4v) is 7.10.